The average molecular weight is 310 g/mol. The smallest absolute Gasteiger partial charge is 0.326 e. The molecular formula is C14H18N2O6. The molecule has 1 rings (SSSR count). The van der Waals surface area contributed by atoms with Crippen LogP contribution in [0.15, 0.2) is 24.3 Å². The molecule has 2 atom stereocenters. The lowest BCUT2D eigenvalue weighted by Gasteiger charge is -2.21. The summed E-state index contributed by atoms with van der Waals surface area (Å²) in [6, 6.07) is 3.23. The van der Waals surface area contributed by atoms with Crippen LogP contribution in [-0.4, -0.2) is 45.8 Å². The number of phenolic OH excluding ortho intramolecular Hbond substituents is 1. The highest BCUT2D eigenvalue weighted by atomic mass is 16.4. The Morgan fingerprint density at radius 1 is 1.14 bits per heavy atom. The van der Waals surface area contributed by atoms with Gasteiger partial charge in [-0.3, -0.25) is 9.59 Å². The zero-order chi connectivity index (χ0) is 16.7. The van der Waals surface area contributed by atoms with Crippen LogP contribution in [0.3, 0.4) is 0 Å². The number of phenols is 1. The lowest BCUT2D eigenvalue weighted by molar-refractivity contribution is -0.142. The van der Waals surface area contributed by atoms with Gasteiger partial charge in [-0.15, -0.1) is 0 Å². The van der Waals surface area contributed by atoms with Gasteiger partial charge in [0.2, 0.25) is 11.8 Å². The van der Waals surface area contributed by atoms with Gasteiger partial charge in [0.1, 0.15) is 24.4 Å². The molecule has 0 radical (unpaired) electrons. The molecule has 0 aliphatic rings. The first kappa shape index (κ1) is 17.4. The van der Waals surface area contributed by atoms with E-state index < -0.39 is 36.5 Å². The monoisotopic (exact) mass is 310 g/mol. The van der Waals surface area contributed by atoms with Crippen LogP contribution in [0.25, 0.3) is 0 Å². The number of aliphatic hydroxyl groups excluding tert-OH is 1. The predicted octanol–water partition coefficient (Wildman–Crippen LogP) is -0.479. The summed E-state index contributed by atoms with van der Waals surface area (Å²) in [6.45, 7) is 0.791. The molecule has 0 heterocycles. The number of aliphatic carboxylic acids is 1. The zero-order valence-corrected chi connectivity index (χ0v) is 11.9. The number of nitrogens with one attached hydrogen (secondary N) is 2. The molecule has 0 unspecified atom stereocenters. The minimum atomic E-state index is -1.19. The maximum atomic E-state index is 12.2. The zero-order valence-electron chi connectivity index (χ0n) is 11.9. The normalized spacial score (nSPS) is 13.0. The molecule has 8 nitrogen and oxygen atoms in total. The topological polar surface area (TPSA) is 136 Å². The maximum Gasteiger partial charge on any atom is 0.326 e. The number of aliphatic hydroxyl groups is 1. The van der Waals surface area contributed by atoms with E-state index in [1.165, 1.54) is 24.3 Å². The standard InChI is InChI=1S/C14H18N2O6/c1-2-10(14(21)22)15-13(20)12(16-11(19)7-17)8-3-5-9(18)6-4-8/h3-6,10,12,17-18H,2,7H2,1H3,(H,15,20)(H,16,19)(H,21,22)/t10-,12+/m0/s1. The SMILES string of the molecule is CC[C@H](NC(=O)[C@H](NC(=O)CO)c1ccc(O)cc1)C(=O)O. The van der Waals surface area contributed by atoms with Crippen molar-refractivity contribution in [1.29, 1.82) is 0 Å². The Balaban J connectivity index is 2.98. The van der Waals surface area contributed by atoms with Crippen molar-refractivity contribution in [3.63, 3.8) is 0 Å². The number of carboxylic acid groups (broad SMARTS) is 1. The van der Waals surface area contributed by atoms with Crippen LogP contribution in [0.1, 0.15) is 24.9 Å². The van der Waals surface area contributed by atoms with Gasteiger partial charge in [0.25, 0.3) is 0 Å². The largest absolute Gasteiger partial charge is 0.508 e. The highest BCUT2D eigenvalue weighted by Crippen LogP contribution is 2.17. The van der Waals surface area contributed by atoms with Crippen LogP contribution in [0.5, 0.6) is 5.75 Å². The highest BCUT2D eigenvalue weighted by Gasteiger charge is 2.26. The molecule has 120 valence electrons. The predicted molar refractivity (Wildman–Crippen MR) is 75.9 cm³/mol. The maximum absolute atomic E-state index is 12.2. The second-order valence-corrected chi connectivity index (χ2v) is 4.56. The number of hydrogen-bond acceptors (Lipinski definition) is 5. The van der Waals surface area contributed by atoms with Gasteiger partial charge in [0.05, 0.1) is 0 Å². The van der Waals surface area contributed by atoms with Crippen molar-refractivity contribution >= 4 is 17.8 Å². The summed E-state index contributed by atoms with van der Waals surface area (Å²) in [5.74, 6) is -2.71. The van der Waals surface area contributed by atoms with Crippen LogP contribution < -0.4 is 10.6 Å². The minimum Gasteiger partial charge on any atom is -0.508 e. The number of hydrogen-bond donors (Lipinski definition) is 5. The molecule has 0 saturated carbocycles. The number of aromatic hydroxyl groups is 1. The first-order chi connectivity index (χ1) is 10.4. The number of carboxylic acids is 1. The van der Waals surface area contributed by atoms with E-state index in [1.807, 2.05) is 0 Å². The van der Waals surface area contributed by atoms with Crippen molar-refractivity contribution in [1.82, 2.24) is 10.6 Å². The van der Waals surface area contributed by atoms with E-state index in [0.717, 1.165) is 0 Å². The van der Waals surface area contributed by atoms with Gasteiger partial charge in [-0.05, 0) is 24.1 Å². The molecule has 2 amide bonds. The van der Waals surface area contributed by atoms with Crippen LogP contribution in [0.4, 0.5) is 0 Å². The van der Waals surface area contributed by atoms with Crippen molar-refractivity contribution in [2.24, 2.45) is 0 Å². The summed E-state index contributed by atoms with van der Waals surface area (Å²) < 4.78 is 0. The van der Waals surface area contributed by atoms with Crippen molar-refractivity contribution in [3.8, 4) is 5.75 Å². The first-order valence-electron chi connectivity index (χ1n) is 6.61. The lowest BCUT2D eigenvalue weighted by atomic mass is 10.0. The molecule has 0 aliphatic carbocycles. The fourth-order valence-corrected chi connectivity index (χ4v) is 1.77. The molecular weight excluding hydrogens is 292 g/mol. The average Bonchev–Trinajstić information content (AvgIpc) is 2.50. The van der Waals surface area contributed by atoms with Crippen molar-refractivity contribution in [3.05, 3.63) is 29.8 Å². The van der Waals surface area contributed by atoms with Crippen LogP contribution in [0, 0.1) is 0 Å². The third-order valence-electron chi connectivity index (χ3n) is 2.96. The van der Waals surface area contributed by atoms with E-state index in [0.29, 0.717) is 5.56 Å². The van der Waals surface area contributed by atoms with E-state index in [9.17, 15) is 19.5 Å². The third-order valence-corrected chi connectivity index (χ3v) is 2.96. The molecule has 0 fully saturated rings. The Bertz CT molecular complexity index is 543. The van der Waals surface area contributed by atoms with Gasteiger partial charge in [0.15, 0.2) is 0 Å². The van der Waals surface area contributed by atoms with Gasteiger partial charge < -0.3 is 26.0 Å². The summed E-state index contributed by atoms with van der Waals surface area (Å²) in [4.78, 5) is 34.5. The van der Waals surface area contributed by atoms with Gasteiger partial charge in [-0.1, -0.05) is 19.1 Å². The molecule has 0 aliphatic heterocycles. The molecule has 0 aromatic heterocycles. The van der Waals surface area contributed by atoms with E-state index in [-0.39, 0.29) is 12.2 Å². The van der Waals surface area contributed by atoms with E-state index in [4.69, 9.17) is 10.2 Å². The summed E-state index contributed by atoms with van der Waals surface area (Å²) in [5, 5.41) is 31.6. The van der Waals surface area contributed by atoms with Crippen molar-refractivity contribution < 1.29 is 29.7 Å². The number of carbonyl (C=O) groups excluding carboxylic acids is 2. The summed E-state index contributed by atoms with van der Waals surface area (Å²) >= 11 is 0. The van der Waals surface area contributed by atoms with Gasteiger partial charge in [0, 0.05) is 0 Å². The van der Waals surface area contributed by atoms with Crippen molar-refractivity contribution in [2.45, 2.75) is 25.4 Å². The summed E-state index contributed by atoms with van der Waals surface area (Å²) in [5.41, 5.74) is 0.345. The van der Waals surface area contributed by atoms with Gasteiger partial charge >= 0.3 is 5.97 Å². The molecule has 22 heavy (non-hydrogen) atoms. The molecule has 1 aromatic rings. The van der Waals surface area contributed by atoms with E-state index in [1.54, 1.807) is 6.92 Å². The second kappa shape index (κ2) is 7.99. The lowest BCUT2D eigenvalue weighted by Crippen LogP contribution is -2.47. The first-order valence-corrected chi connectivity index (χ1v) is 6.61. The fraction of sp³-hybridized carbons (Fsp3) is 0.357. The van der Waals surface area contributed by atoms with E-state index in [2.05, 4.69) is 10.6 Å². The highest BCUT2D eigenvalue weighted by molar-refractivity contribution is 5.91. The molecule has 5 N–H and O–H groups in total. The summed E-state index contributed by atoms with van der Waals surface area (Å²) in [6.07, 6.45) is 0.178. The third kappa shape index (κ3) is 4.74. The number of amides is 2. The Morgan fingerprint density at radius 3 is 2.18 bits per heavy atom. The molecule has 0 spiro atoms. The fourth-order valence-electron chi connectivity index (χ4n) is 1.77. The molecule has 0 saturated heterocycles. The van der Waals surface area contributed by atoms with Gasteiger partial charge in [-0.2, -0.15) is 0 Å². The molecule has 8 heteroatoms. The van der Waals surface area contributed by atoms with Crippen molar-refractivity contribution in [2.75, 3.05) is 6.61 Å². The molecule has 1 aromatic carbocycles. The summed E-state index contributed by atoms with van der Waals surface area (Å²) in [7, 11) is 0. The Hall–Kier alpha value is -2.61. The minimum absolute atomic E-state index is 0.0200. The van der Waals surface area contributed by atoms with Crippen LogP contribution >= 0.6 is 0 Å². The number of carbonyl (C=O) groups is 3. The quantitative estimate of drug-likeness (QED) is 0.461. The number of benzene rings is 1. The van der Waals surface area contributed by atoms with Crippen LogP contribution in [0.2, 0.25) is 0 Å². The van der Waals surface area contributed by atoms with Crippen LogP contribution in [-0.2, 0) is 14.4 Å². The number of rotatable bonds is 7. The van der Waals surface area contributed by atoms with Gasteiger partial charge in [-0.25, -0.2) is 4.79 Å². The Labute approximate surface area is 126 Å². The second-order valence-electron chi connectivity index (χ2n) is 4.56. The Kier molecular flexibility index (Phi) is 6.33. The molecule has 0 bridgehead atoms. The van der Waals surface area contributed by atoms with E-state index >= 15 is 0 Å². The Morgan fingerprint density at radius 2 is 1.73 bits per heavy atom.